The first-order chi connectivity index (χ1) is 6.77. The Labute approximate surface area is 78.6 Å². The number of aromatic nitrogens is 5. The van der Waals surface area contributed by atoms with E-state index in [1.54, 1.807) is 0 Å². The van der Waals surface area contributed by atoms with Gasteiger partial charge in [0.25, 0.3) is 5.91 Å². The molecule has 14 heavy (non-hydrogen) atoms. The second-order valence-electron chi connectivity index (χ2n) is 2.46. The molecule has 0 bridgehead atoms. The third-order valence-electron chi connectivity index (χ3n) is 1.54. The molecule has 0 spiro atoms. The summed E-state index contributed by atoms with van der Waals surface area (Å²) in [5.41, 5.74) is 5.13. The van der Waals surface area contributed by atoms with Crippen molar-refractivity contribution in [2.75, 3.05) is 0 Å². The van der Waals surface area contributed by atoms with Crippen LogP contribution in [0.2, 0.25) is 0 Å². The highest BCUT2D eigenvalue weighted by Gasteiger charge is 2.03. The Morgan fingerprint density at radius 2 is 2.21 bits per heavy atom. The summed E-state index contributed by atoms with van der Waals surface area (Å²) in [5, 5.41) is 3.85. The largest absolute Gasteiger partial charge is 0.364 e. The highest BCUT2D eigenvalue weighted by Crippen LogP contribution is 1.98. The summed E-state index contributed by atoms with van der Waals surface area (Å²) in [4.78, 5) is 22.2. The van der Waals surface area contributed by atoms with Crippen molar-refractivity contribution in [3.63, 3.8) is 0 Å². The van der Waals surface area contributed by atoms with Gasteiger partial charge in [-0.15, -0.1) is 0 Å². The van der Waals surface area contributed by atoms with Crippen LogP contribution in [-0.4, -0.2) is 30.6 Å². The number of carbonyl (C=O) groups excluding carboxylic acids is 1. The molecule has 2 rings (SSSR count). The van der Waals surface area contributed by atoms with Gasteiger partial charge in [0.2, 0.25) is 0 Å². The van der Waals surface area contributed by atoms with E-state index < -0.39 is 5.91 Å². The van der Waals surface area contributed by atoms with E-state index in [1.807, 2.05) is 0 Å². The van der Waals surface area contributed by atoms with E-state index >= 15 is 0 Å². The van der Waals surface area contributed by atoms with Gasteiger partial charge in [0.05, 0.1) is 12.4 Å². The predicted octanol–water partition coefficient (Wildman–Crippen LogP) is -0.844. The number of hydrogen-bond acceptors (Lipinski definition) is 5. The molecular formula is C7H6N6O. The van der Waals surface area contributed by atoms with Crippen LogP contribution in [0.5, 0.6) is 0 Å². The molecule has 70 valence electrons. The lowest BCUT2D eigenvalue weighted by Crippen LogP contribution is -2.14. The quantitative estimate of drug-likeness (QED) is 0.665. The highest BCUT2D eigenvalue weighted by molar-refractivity contribution is 5.90. The zero-order chi connectivity index (χ0) is 9.97. The molecule has 0 atom stereocenters. The molecule has 0 fully saturated rings. The van der Waals surface area contributed by atoms with Crippen molar-refractivity contribution in [1.82, 2.24) is 24.7 Å². The molecule has 7 nitrogen and oxygen atoms in total. The third-order valence-corrected chi connectivity index (χ3v) is 1.54. The first-order valence-corrected chi connectivity index (χ1v) is 3.74. The zero-order valence-corrected chi connectivity index (χ0v) is 7.03. The second-order valence-corrected chi connectivity index (χ2v) is 2.46. The first kappa shape index (κ1) is 8.30. The van der Waals surface area contributed by atoms with Crippen LogP contribution >= 0.6 is 0 Å². The Kier molecular flexibility index (Phi) is 1.90. The SMILES string of the molecule is NC(=O)c1cnc(-n2cncn2)cn1. The van der Waals surface area contributed by atoms with Gasteiger partial charge in [0.15, 0.2) is 5.82 Å². The van der Waals surface area contributed by atoms with Crippen LogP contribution in [0.4, 0.5) is 0 Å². The van der Waals surface area contributed by atoms with Crippen molar-refractivity contribution in [1.29, 1.82) is 0 Å². The zero-order valence-electron chi connectivity index (χ0n) is 7.03. The fourth-order valence-electron chi connectivity index (χ4n) is 0.893. The van der Waals surface area contributed by atoms with E-state index in [-0.39, 0.29) is 5.69 Å². The summed E-state index contributed by atoms with van der Waals surface area (Å²) in [6.07, 6.45) is 5.55. The fraction of sp³-hybridized carbons (Fsp3) is 0. The maximum absolute atomic E-state index is 10.7. The average molecular weight is 190 g/mol. The second kappa shape index (κ2) is 3.21. The Bertz CT molecular complexity index is 434. The van der Waals surface area contributed by atoms with E-state index in [0.717, 1.165) is 0 Å². The normalized spacial score (nSPS) is 10.0. The molecule has 2 aromatic rings. The molecule has 1 amide bonds. The van der Waals surface area contributed by atoms with E-state index in [1.165, 1.54) is 29.7 Å². The molecule has 0 aliphatic rings. The van der Waals surface area contributed by atoms with Gasteiger partial charge >= 0.3 is 0 Å². The third kappa shape index (κ3) is 1.42. The van der Waals surface area contributed by atoms with Gasteiger partial charge in [-0.2, -0.15) is 5.10 Å². The van der Waals surface area contributed by atoms with Crippen LogP contribution < -0.4 is 5.73 Å². The number of nitrogens with two attached hydrogens (primary N) is 1. The number of primary amides is 1. The van der Waals surface area contributed by atoms with Crippen LogP contribution in [0.1, 0.15) is 10.5 Å². The Morgan fingerprint density at radius 3 is 2.71 bits per heavy atom. The number of hydrogen-bond donors (Lipinski definition) is 1. The van der Waals surface area contributed by atoms with Crippen LogP contribution in [0.15, 0.2) is 25.0 Å². The molecule has 2 aromatic heterocycles. The lowest BCUT2D eigenvalue weighted by atomic mass is 10.4. The molecule has 0 aliphatic heterocycles. The molecule has 0 saturated heterocycles. The highest BCUT2D eigenvalue weighted by atomic mass is 16.1. The molecule has 0 unspecified atom stereocenters. The van der Waals surface area contributed by atoms with Gasteiger partial charge in [-0.05, 0) is 0 Å². The van der Waals surface area contributed by atoms with Gasteiger partial charge in [0.1, 0.15) is 18.3 Å². The van der Waals surface area contributed by atoms with Crippen molar-refractivity contribution in [2.45, 2.75) is 0 Å². The maximum atomic E-state index is 10.7. The summed E-state index contributed by atoms with van der Waals surface area (Å²) in [5.74, 6) is -0.129. The predicted molar refractivity (Wildman–Crippen MR) is 45.5 cm³/mol. The molecule has 0 aromatic carbocycles. The molecule has 0 saturated carbocycles. The van der Waals surface area contributed by atoms with Crippen LogP contribution in [0.3, 0.4) is 0 Å². The molecular weight excluding hydrogens is 184 g/mol. The lowest BCUT2D eigenvalue weighted by molar-refractivity contribution is 0.0995. The van der Waals surface area contributed by atoms with Gasteiger partial charge < -0.3 is 5.73 Å². The van der Waals surface area contributed by atoms with E-state index in [9.17, 15) is 4.79 Å². The average Bonchev–Trinajstić information content (AvgIpc) is 2.71. The molecule has 0 radical (unpaired) electrons. The minimum atomic E-state index is -0.609. The van der Waals surface area contributed by atoms with Gasteiger partial charge in [-0.25, -0.2) is 19.6 Å². The lowest BCUT2D eigenvalue weighted by Gasteiger charge is -1.98. The topological polar surface area (TPSA) is 99.6 Å². The van der Waals surface area contributed by atoms with Gasteiger partial charge in [-0.1, -0.05) is 0 Å². The Hall–Kier alpha value is -2.31. The van der Waals surface area contributed by atoms with Gasteiger partial charge in [-0.3, -0.25) is 4.79 Å². The van der Waals surface area contributed by atoms with Crippen LogP contribution in [-0.2, 0) is 0 Å². The number of carbonyl (C=O) groups is 1. The van der Waals surface area contributed by atoms with Crippen molar-refractivity contribution in [3.8, 4) is 5.82 Å². The van der Waals surface area contributed by atoms with Crippen molar-refractivity contribution in [2.24, 2.45) is 5.73 Å². The number of amides is 1. The molecule has 0 aliphatic carbocycles. The summed E-state index contributed by atoms with van der Waals surface area (Å²) >= 11 is 0. The summed E-state index contributed by atoms with van der Waals surface area (Å²) in [7, 11) is 0. The molecule has 7 heteroatoms. The summed E-state index contributed by atoms with van der Waals surface area (Å²) in [6.45, 7) is 0. The standard InChI is InChI=1S/C7H6N6O/c8-7(14)5-1-11-6(2-10-5)13-4-9-3-12-13/h1-4H,(H2,8,14). The van der Waals surface area contributed by atoms with E-state index in [0.29, 0.717) is 5.82 Å². The Morgan fingerprint density at radius 1 is 1.36 bits per heavy atom. The smallest absolute Gasteiger partial charge is 0.268 e. The van der Waals surface area contributed by atoms with Crippen molar-refractivity contribution >= 4 is 5.91 Å². The molecule has 2 N–H and O–H groups in total. The van der Waals surface area contributed by atoms with Crippen LogP contribution in [0, 0.1) is 0 Å². The summed E-state index contributed by atoms with van der Waals surface area (Å²) in [6, 6.07) is 0. The summed E-state index contributed by atoms with van der Waals surface area (Å²) < 4.78 is 1.43. The van der Waals surface area contributed by atoms with Gasteiger partial charge in [0, 0.05) is 0 Å². The van der Waals surface area contributed by atoms with E-state index in [2.05, 4.69) is 20.1 Å². The van der Waals surface area contributed by atoms with Crippen molar-refractivity contribution in [3.05, 3.63) is 30.7 Å². The fourth-order valence-corrected chi connectivity index (χ4v) is 0.893. The van der Waals surface area contributed by atoms with Crippen LogP contribution in [0.25, 0.3) is 5.82 Å². The Balaban J connectivity index is 2.36. The minimum absolute atomic E-state index is 0.119. The van der Waals surface area contributed by atoms with Crippen molar-refractivity contribution < 1.29 is 4.79 Å². The first-order valence-electron chi connectivity index (χ1n) is 3.74. The van der Waals surface area contributed by atoms with E-state index in [4.69, 9.17) is 5.73 Å². The molecule has 2 heterocycles. The monoisotopic (exact) mass is 190 g/mol. The maximum Gasteiger partial charge on any atom is 0.268 e. The minimum Gasteiger partial charge on any atom is -0.364 e. The number of nitrogens with zero attached hydrogens (tertiary/aromatic N) is 5. The number of rotatable bonds is 2.